The van der Waals surface area contributed by atoms with Gasteiger partial charge in [-0.1, -0.05) is 0 Å². The van der Waals surface area contributed by atoms with Crippen LogP contribution in [0.3, 0.4) is 0 Å². The van der Waals surface area contributed by atoms with E-state index >= 15 is 0 Å². The predicted octanol–water partition coefficient (Wildman–Crippen LogP) is 12.2. The molecule has 0 aliphatic carbocycles. The van der Waals surface area contributed by atoms with Gasteiger partial charge in [-0.2, -0.15) is 0 Å². The van der Waals surface area contributed by atoms with Crippen LogP contribution in [0.1, 0.15) is 195 Å². The Morgan fingerprint density at radius 2 is 0.415 bits per heavy atom. The number of hydrogen-bond acceptors (Lipinski definition) is 5. The molecule has 0 aromatic heterocycles. The Kier molecular flexibility index (Phi) is 31.0. The quantitative estimate of drug-likeness (QED) is 0.0497. The number of unbranched alkanes of at least 4 members (excludes halogenated alkanes) is 20. The van der Waals surface area contributed by atoms with E-state index < -0.39 is 17.8 Å². The minimum absolute atomic E-state index is 0.600. The van der Waals surface area contributed by atoms with Crippen molar-refractivity contribution >= 4 is 0 Å². The average Bonchev–Trinajstić information content (AvgIpc) is 2.98. The molecule has 41 heavy (non-hydrogen) atoms. The van der Waals surface area contributed by atoms with Crippen molar-refractivity contribution in [2.45, 2.75) is 195 Å². The van der Waals surface area contributed by atoms with Gasteiger partial charge in [0.1, 0.15) is 0 Å². The van der Waals surface area contributed by atoms with E-state index in [1.54, 1.807) is 0 Å². The van der Waals surface area contributed by atoms with Crippen LogP contribution in [-0.2, 0) is 34.0 Å². The van der Waals surface area contributed by atoms with Crippen LogP contribution in [0.2, 0.25) is 0 Å². The van der Waals surface area contributed by atoms with Crippen molar-refractivity contribution in [2.24, 2.45) is 0 Å². The molecule has 0 aliphatic rings. The first-order valence-corrected chi connectivity index (χ1v) is 22.9. The van der Waals surface area contributed by atoms with Gasteiger partial charge in [0, 0.05) is 0 Å². The van der Waals surface area contributed by atoms with Gasteiger partial charge >= 0.3 is 262 Å². The van der Waals surface area contributed by atoms with Crippen molar-refractivity contribution in [3.63, 3.8) is 0 Å². The number of hydrogen-bond donors (Lipinski definition) is 0. The van der Waals surface area contributed by atoms with Crippen LogP contribution < -0.4 is 0 Å². The zero-order valence-corrected chi connectivity index (χ0v) is 30.9. The topological polar surface area (TPSA) is 46.2 Å². The van der Waals surface area contributed by atoms with Gasteiger partial charge in [-0.3, -0.25) is 0 Å². The molecule has 0 N–H and O–H groups in total. The van der Waals surface area contributed by atoms with Gasteiger partial charge in [-0.15, -0.1) is 0 Å². The summed E-state index contributed by atoms with van der Waals surface area (Å²) in [6, 6.07) is 0. The molecular formula is C35H75NbO5. The zero-order valence-electron chi connectivity index (χ0n) is 28.7. The first kappa shape index (κ1) is 41.5. The molecule has 0 aromatic carbocycles. The van der Waals surface area contributed by atoms with Gasteiger partial charge in [0.15, 0.2) is 0 Å². The van der Waals surface area contributed by atoms with E-state index in [0.29, 0.717) is 33.0 Å². The van der Waals surface area contributed by atoms with Crippen LogP contribution in [-0.4, -0.2) is 33.0 Å². The van der Waals surface area contributed by atoms with Crippen molar-refractivity contribution in [3.05, 3.63) is 0 Å². The Labute approximate surface area is 261 Å². The van der Waals surface area contributed by atoms with E-state index in [9.17, 15) is 0 Å². The summed E-state index contributed by atoms with van der Waals surface area (Å²) >= 11 is -5.25. The molecule has 0 heterocycles. The van der Waals surface area contributed by atoms with Crippen LogP contribution in [0, 0.1) is 0 Å². The fraction of sp³-hybridized carbons (Fsp3) is 1.00. The van der Waals surface area contributed by atoms with Crippen LogP contribution >= 0.6 is 0 Å². The van der Waals surface area contributed by atoms with Crippen LogP contribution in [0.5, 0.6) is 0 Å². The molecule has 0 aromatic rings. The summed E-state index contributed by atoms with van der Waals surface area (Å²) in [6.45, 7) is 14.3. The molecule has 0 saturated heterocycles. The van der Waals surface area contributed by atoms with E-state index in [2.05, 4.69) is 34.6 Å². The maximum atomic E-state index is 6.82. The van der Waals surface area contributed by atoms with Crippen molar-refractivity contribution in [3.8, 4) is 0 Å². The van der Waals surface area contributed by atoms with Gasteiger partial charge < -0.3 is 0 Å². The molecule has 5 nitrogen and oxygen atoms in total. The third-order valence-electron chi connectivity index (χ3n) is 7.75. The minimum atomic E-state index is -5.25. The first-order valence-electron chi connectivity index (χ1n) is 18.4. The standard InChI is InChI=1S/5C7H15O.Nb/c5*1-2-3-4-5-6-7-8;/h5*2-7H2,1H3;/q5*-1;+5. The summed E-state index contributed by atoms with van der Waals surface area (Å²) in [5.74, 6) is 0. The Hall–Kier alpha value is 0.540. The van der Waals surface area contributed by atoms with E-state index in [4.69, 9.17) is 16.2 Å². The van der Waals surface area contributed by atoms with E-state index in [1.165, 1.54) is 128 Å². The molecule has 250 valence electrons. The molecular weight excluding hydrogens is 593 g/mol. The fourth-order valence-electron chi connectivity index (χ4n) is 4.97. The van der Waals surface area contributed by atoms with Crippen LogP contribution in [0.4, 0.5) is 0 Å². The van der Waals surface area contributed by atoms with Crippen LogP contribution in [0.25, 0.3) is 0 Å². The molecule has 0 atom stereocenters. The zero-order chi connectivity index (χ0) is 30.2. The second-order valence-corrected chi connectivity index (χ2v) is 18.8. The van der Waals surface area contributed by atoms with E-state index in [0.717, 1.165) is 32.1 Å². The monoisotopic (exact) mass is 668 g/mol. The molecule has 0 unspecified atom stereocenters. The van der Waals surface area contributed by atoms with Crippen molar-refractivity contribution in [1.82, 2.24) is 0 Å². The summed E-state index contributed by atoms with van der Waals surface area (Å²) in [5, 5.41) is 0. The summed E-state index contributed by atoms with van der Waals surface area (Å²) in [7, 11) is 0. The summed E-state index contributed by atoms with van der Waals surface area (Å²) in [6.07, 6.45) is 29.7. The molecule has 0 rings (SSSR count). The fourth-order valence-corrected chi connectivity index (χ4v) is 12.1. The molecule has 0 radical (unpaired) electrons. The van der Waals surface area contributed by atoms with Crippen molar-refractivity contribution < 1.29 is 34.0 Å². The SMILES string of the molecule is CCCCCCC[O][Nb]([O]CCCCCCC)([O]CCCCCCC)([O]CCCCCCC)[O]CCCCCCC. The van der Waals surface area contributed by atoms with Gasteiger partial charge in [-0.25, -0.2) is 0 Å². The van der Waals surface area contributed by atoms with Gasteiger partial charge in [0.05, 0.1) is 0 Å². The maximum absolute atomic E-state index is 6.82. The van der Waals surface area contributed by atoms with Crippen molar-refractivity contribution in [1.29, 1.82) is 0 Å². The van der Waals surface area contributed by atoms with Gasteiger partial charge in [-0.05, 0) is 0 Å². The summed E-state index contributed by atoms with van der Waals surface area (Å²) in [4.78, 5) is 0. The third kappa shape index (κ3) is 23.6. The Bertz CT molecular complexity index is 408. The van der Waals surface area contributed by atoms with Gasteiger partial charge in [0.2, 0.25) is 0 Å². The first-order chi connectivity index (χ1) is 20.1. The Balaban J connectivity index is 5.74. The number of rotatable bonds is 35. The van der Waals surface area contributed by atoms with Crippen LogP contribution in [0.15, 0.2) is 0 Å². The molecule has 0 aliphatic heterocycles. The Morgan fingerprint density at radius 1 is 0.244 bits per heavy atom. The second-order valence-electron chi connectivity index (χ2n) is 12.0. The summed E-state index contributed by atoms with van der Waals surface area (Å²) < 4.78 is 34.1. The van der Waals surface area contributed by atoms with Gasteiger partial charge in [0.25, 0.3) is 0 Å². The predicted molar refractivity (Wildman–Crippen MR) is 174 cm³/mol. The summed E-state index contributed by atoms with van der Waals surface area (Å²) in [5.41, 5.74) is 0. The Morgan fingerprint density at radius 3 is 0.585 bits per heavy atom. The third-order valence-corrected chi connectivity index (χ3v) is 15.2. The molecule has 0 fully saturated rings. The van der Waals surface area contributed by atoms with E-state index in [-0.39, 0.29) is 0 Å². The molecule has 6 heteroatoms. The molecule has 0 saturated carbocycles. The molecule has 0 spiro atoms. The second kappa shape index (κ2) is 30.6. The average molecular weight is 669 g/mol. The van der Waals surface area contributed by atoms with E-state index in [1.807, 2.05) is 0 Å². The normalized spacial score (nSPS) is 13.0. The molecule has 0 amide bonds. The molecule has 0 bridgehead atoms. The van der Waals surface area contributed by atoms with Crippen molar-refractivity contribution in [2.75, 3.05) is 33.0 Å².